The Balaban J connectivity index is 2.33. The van der Waals surface area contributed by atoms with Crippen LogP contribution < -0.4 is 4.74 Å². The van der Waals surface area contributed by atoms with Gasteiger partial charge in [-0.3, -0.25) is 0 Å². The number of hydrogen-bond acceptors (Lipinski definition) is 1. The van der Waals surface area contributed by atoms with Crippen molar-refractivity contribution >= 4 is 0 Å². The Kier molecular flexibility index (Phi) is 3.03. The zero-order valence-electron chi connectivity index (χ0n) is 8.73. The van der Waals surface area contributed by atoms with Gasteiger partial charge < -0.3 is 4.74 Å². The minimum absolute atomic E-state index is 0.693. The fourth-order valence-electron chi connectivity index (χ4n) is 1.49. The highest BCUT2D eigenvalue weighted by atomic mass is 16.5. The Hall–Kier alpha value is -1.76. The second-order valence-electron chi connectivity index (χ2n) is 3.24. The molecule has 1 heteroatoms. The molecule has 0 saturated heterocycles. The molecule has 0 amide bonds. The number of hydrogen-bond donors (Lipinski definition) is 0. The van der Waals surface area contributed by atoms with E-state index in [0.29, 0.717) is 6.61 Å². The normalized spacial score (nSPS) is 9.93. The molecule has 1 radical (unpaired) electrons. The predicted octanol–water partition coefficient (Wildman–Crippen LogP) is 3.55. The van der Waals surface area contributed by atoms with Crippen LogP contribution in [0.25, 0.3) is 11.1 Å². The molecule has 1 nitrogen and oxygen atoms in total. The third-order valence-corrected chi connectivity index (χ3v) is 2.17. The molecule has 0 bridgehead atoms. The zero-order chi connectivity index (χ0) is 10.5. The van der Waals surface area contributed by atoms with Gasteiger partial charge in [0.25, 0.3) is 0 Å². The van der Waals surface area contributed by atoms with Gasteiger partial charge in [0.05, 0.1) is 6.61 Å². The maximum absolute atomic E-state index is 5.45. The Morgan fingerprint density at radius 2 is 1.93 bits per heavy atom. The van der Waals surface area contributed by atoms with Gasteiger partial charge >= 0.3 is 0 Å². The summed E-state index contributed by atoms with van der Waals surface area (Å²) in [6.45, 7) is 2.68. The minimum atomic E-state index is 0.693. The van der Waals surface area contributed by atoms with Crippen LogP contribution in [0.1, 0.15) is 6.92 Å². The van der Waals surface area contributed by atoms with E-state index in [1.165, 1.54) is 5.56 Å². The average molecular weight is 197 g/mol. The maximum atomic E-state index is 5.45. The second kappa shape index (κ2) is 4.65. The van der Waals surface area contributed by atoms with Crippen molar-refractivity contribution < 1.29 is 4.74 Å². The van der Waals surface area contributed by atoms with E-state index in [1.807, 2.05) is 43.3 Å². The van der Waals surface area contributed by atoms with Gasteiger partial charge in [-0.25, -0.2) is 0 Å². The van der Waals surface area contributed by atoms with Crippen molar-refractivity contribution in [2.24, 2.45) is 0 Å². The molecule has 0 spiro atoms. The van der Waals surface area contributed by atoms with E-state index in [-0.39, 0.29) is 0 Å². The van der Waals surface area contributed by atoms with Crippen molar-refractivity contribution in [2.75, 3.05) is 6.61 Å². The summed E-state index contributed by atoms with van der Waals surface area (Å²) in [6, 6.07) is 19.2. The zero-order valence-corrected chi connectivity index (χ0v) is 8.73. The fourth-order valence-corrected chi connectivity index (χ4v) is 1.49. The highest BCUT2D eigenvalue weighted by molar-refractivity contribution is 5.64. The lowest BCUT2D eigenvalue weighted by Crippen LogP contribution is -1.91. The van der Waals surface area contributed by atoms with E-state index >= 15 is 0 Å². The van der Waals surface area contributed by atoms with E-state index in [2.05, 4.69) is 18.2 Å². The first-order chi connectivity index (χ1) is 7.40. The molecule has 0 aliphatic carbocycles. The first-order valence-corrected chi connectivity index (χ1v) is 5.10. The monoisotopic (exact) mass is 197 g/mol. The van der Waals surface area contributed by atoms with Crippen LogP contribution in [-0.2, 0) is 0 Å². The van der Waals surface area contributed by atoms with E-state index in [1.54, 1.807) is 0 Å². The fraction of sp³-hybridized carbons (Fsp3) is 0.143. The molecule has 0 heterocycles. The lowest BCUT2D eigenvalue weighted by molar-refractivity contribution is 0.340. The van der Waals surface area contributed by atoms with Crippen molar-refractivity contribution in [1.29, 1.82) is 0 Å². The van der Waals surface area contributed by atoms with Gasteiger partial charge in [0, 0.05) is 0 Å². The molecule has 0 aromatic heterocycles. The quantitative estimate of drug-likeness (QED) is 0.731. The smallest absolute Gasteiger partial charge is 0.119 e. The SMILES string of the molecule is CCOc1cc[c]c(-c2ccccc2)c1. The third-order valence-electron chi connectivity index (χ3n) is 2.17. The molecule has 2 aromatic carbocycles. The largest absolute Gasteiger partial charge is 0.494 e. The van der Waals surface area contributed by atoms with Crippen molar-refractivity contribution in [2.45, 2.75) is 6.92 Å². The minimum Gasteiger partial charge on any atom is -0.494 e. The van der Waals surface area contributed by atoms with Gasteiger partial charge in [-0.2, -0.15) is 0 Å². The van der Waals surface area contributed by atoms with E-state index in [0.717, 1.165) is 11.3 Å². The molecule has 0 aliphatic rings. The second-order valence-corrected chi connectivity index (χ2v) is 3.24. The van der Waals surface area contributed by atoms with Crippen molar-refractivity contribution in [1.82, 2.24) is 0 Å². The Labute approximate surface area is 90.3 Å². The lowest BCUT2D eigenvalue weighted by Gasteiger charge is -2.05. The lowest BCUT2D eigenvalue weighted by atomic mass is 10.1. The molecule has 15 heavy (non-hydrogen) atoms. The number of benzene rings is 2. The topological polar surface area (TPSA) is 9.23 Å². The van der Waals surface area contributed by atoms with Crippen LogP contribution in [0.3, 0.4) is 0 Å². The van der Waals surface area contributed by atoms with E-state index in [9.17, 15) is 0 Å². The van der Waals surface area contributed by atoms with Crippen molar-refractivity contribution in [3.05, 3.63) is 54.6 Å². The van der Waals surface area contributed by atoms with E-state index < -0.39 is 0 Å². The molecule has 2 rings (SSSR count). The molecular weight excluding hydrogens is 184 g/mol. The highest BCUT2D eigenvalue weighted by Gasteiger charge is 1.98. The van der Waals surface area contributed by atoms with Crippen LogP contribution in [0.5, 0.6) is 5.75 Å². The molecule has 75 valence electrons. The average Bonchev–Trinajstić information content (AvgIpc) is 2.31. The van der Waals surface area contributed by atoms with Gasteiger partial charge in [0.15, 0.2) is 0 Å². The van der Waals surface area contributed by atoms with Crippen LogP contribution in [0.15, 0.2) is 48.5 Å². The van der Waals surface area contributed by atoms with Crippen LogP contribution in [0, 0.1) is 6.07 Å². The summed E-state index contributed by atoms with van der Waals surface area (Å²) in [5, 5.41) is 0. The Morgan fingerprint density at radius 3 is 2.67 bits per heavy atom. The first-order valence-electron chi connectivity index (χ1n) is 5.10. The molecule has 0 saturated carbocycles. The Morgan fingerprint density at radius 1 is 1.13 bits per heavy atom. The van der Waals surface area contributed by atoms with Gasteiger partial charge in [-0.1, -0.05) is 36.4 Å². The third kappa shape index (κ3) is 2.38. The summed E-state index contributed by atoms with van der Waals surface area (Å²) in [4.78, 5) is 0. The molecule has 0 atom stereocenters. The summed E-state index contributed by atoms with van der Waals surface area (Å²) >= 11 is 0. The van der Waals surface area contributed by atoms with Crippen LogP contribution in [0.4, 0.5) is 0 Å². The van der Waals surface area contributed by atoms with Gasteiger partial charge in [-0.05, 0) is 36.2 Å². The molecular formula is C14H13O. The summed E-state index contributed by atoms with van der Waals surface area (Å²) in [5.41, 5.74) is 2.24. The first kappa shape index (κ1) is 9.78. The molecule has 0 N–H and O–H groups in total. The van der Waals surface area contributed by atoms with Crippen molar-refractivity contribution in [3.63, 3.8) is 0 Å². The number of ether oxygens (including phenoxy) is 1. The van der Waals surface area contributed by atoms with E-state index in [4.69, 9.17) is 4.74 Å². The molecule has 0 aliphatic heterocycles. The summed E-state index contributed by atoms with van der Waals surface area (Å²) in [6.07, 6.45) is 0. The summed E-state index contributed by atoms with van der Waals surface area (Å²) in [7, 11) is 0. The molecule has 0 fully saturated rings. The molecule has 0 unspecified atom stereocenters. The molecule has 2 aromatic rings. The van der Waals surface area contributed by atoms with Gasteiger partial charge in [0.2, 0.25) is 0 Å². The predicted molar refractivity (Wildman–Crippen MR) is 61.9 cm³/mol. The summed E-state index contributed by atoms with van der Waals surface area (Å²) in [5.74, 6) is 0.898. The van der Waals surface area contributed by atoms with Gasteiger partial charge in [-0.15, -0.1) is 0 Å². The number of rotatable bonds is 3. The van der Waals surface area contributed by atoms with Crippen molar-refractivity contribution in [3.8, 4) is 16.9 Å². The summed E-state index contributed by atoms with van der Waals surface area (Å²) < 4.78 is 5.45. The van der Waals surface area contributed by atoms with Gasteiger partial charge in [0.1, 0.15) is 5.75 Å². The maximum Gasteiger partial charge on any atom is 0.119 e. The van der Waals surface area contributed by atoms with Crippen LogP contribution >= 0.6 is 0 Å². The van der Waals surface area contributed by atoms with Crippen LogP contribution in [-0.4, -0.2) is 6.61 Å². The standard InChI is InChI=1S/C14H13O/c1-2-15-14-10-6-9-13(11-14)12-7-4-3-5-8-12/h3-8,10-11H,2H2,1H3. The highest BCUT2D eigenvalue weighted by Crippen LogP contribution is 2.22. The van der Waals surface area contributed by atoms with Crippen LogP contribution in [0.2, 0.25) is 0 Å². The Bertz CT molecular complexity index is 420.